The van der Waals surface area contributed by atoms with Gasteiger partial charge >= 0.3 is 0 Å². The molecule has 20 heavy (non-hydrogen) atoms. The second-order valence-electron chi connectivity index (χ2n) is 5.08. The first kappa shape index (κ1) is 16.9. The van der Waals surface area contributed by atoms with E-state index in [1.54, 1.807) is 0 Å². The third-order valence-corrected chi connectivity index (χ3v) is 3.44. The van der Waals surface area contributed by atoms with Crippen LogP contribution in [0, 0.1) is 6.92 Å². The molecule has 6 heteroatoms. The number of carbonyl (C=O) groups excluding carboxylic acids is 1. The third-order valence-electron chi connectivity index (χ3n) is 3.44. The molecule has 2 unspecified atom stereocenters. The Morgan fingerprint density at radius 1 is 1.45 bits per heavy atom. The highest BCUT2D eigenvalue weighted by Gasteiger charge is 2.42. The number of alkyl halides is 2. The predicted molar refractivity (Wildman–Crippen MR) is 76.3 cm³/mol. The van der Waals surface area contributed by atoms with Gasteiger partial charge in [-0.25, -0.2) is 8.78 Å². The van der Waals surface area contributed by atoms with Crippen LogP contribution in [0.15, 0.2) is 24.3 Å². The van der Waals surface area contributed by atoms with E-state index in [1.807, 2.05) is 38.1 Å². The molecule has 1 saturated heterocycles. The number of amides is 1. The van der Waals surface area contributed by atoms with Crippen molar-refractivity contribution in [2.24, 2.45) is 0 Å². The van der Waals surface area contributed by atoms with E-state index in [4.69, 9.17) is 0 Å². The number of benzene rings is 1. The Hall–Kier alpha value is -1.20. The highest BCUT2D eigenvalue weighted by atomic mass is 35.5. The quantitative estimate of drug-likeness (QED) is 0.901. The van der Waals surface area contributed by atoms with Crippen LogP contribution in [0.25, 0.3) is 0 Å². The molecule has 2 N–H and O–H groups in total. The van der Waals surface area contributed by atoms with Gasteiger partial charge in [0.2, 0.25) is 5.91 Å². The van der Waals surface area contributed by atoms with Crippen molar-refractivity contribution in [2.75, 3.05) is 6.54 Å². The van der Waals surface area contributed by atoms with Gasteiger partial charge in [-0.3, -0.25) is 10.1 Å². The van der Waals surface area contributed by atoms with Crippen LogP contribution >= 0.6 is 12.4 Å². The van der Waals surface area contributed by atoms with E-state index in [0.717, 1.165) is 11.1 Å². The average Bonchev–Trinajstić information content (AvgIpc) is 2.70. The summed E-state index contributed by atoms with van der Waals surface area (Å²) in [4.78, 5) is 11.9. The summed E-state index contributed by atoms with van der Waals surface area (Å²) in [7, 11) is 0. The van der Waals surface area contributed by atoms with Gasteiger partial charge in [0.1, 0.15) is 0 Å². The topological polar surface area (TPSA) is 41.1 Å². The minimum Gasteiger partial charge on any atom is -0.348 e. The Morgan fingerprint density at radius 2 is 2.10 bits per heavy atom. The summed E-state index contributed by atoms with van der Waals surface area (Å²) in [5.41, 5.74) is 2.07. The Morgan fingerprint density at radius 3 is 2.65 bits per heavy atom. The van der Waals surface area contributed by atoms with E-state index in [-0.39, 0.29) is 24.4 Å². The summed E-state index contributed by atoms with van der Waals surface area (Å²) < 4.78 is 26.1. The minimum absolute atomic E-state index is 0. The monoisotopic (exact) mass is 304 g/mol. The van der Waals surface area contributed by atoms with Crippen molar-refractivity contribution in [1.29, 1.82) is 0 Å². The van der Waals surface area contributed by atoms with E-state index in [0.29, 0.717) is 0 Å². The summed E-state index contributed by atoms with van der Waals surface area (Å²) in [6.45, 7) is 3.39. The van der Waals surface area contributed by atoms with Crippen molar-refractivity contribution < 1.29 is 13.6 Å². The van der Waals surface area contributed by atoms with Crippen LogP contribution in [0.4, 0.5) is 8.78 Å². The largest absolute Gasteiger partial charge is 0.348 e. The van der Waals surface area contributed by atoms with E-state index < -0.39 is 24.9 Å². The van der Waals surface area contributed by atoms with Crippen molar-refractivity contribution in [1.82, 2.24) is 10.6 Å². The van der Waals surface area contributed by atoms with Crippen LogP contribution < -0.4 is 10.6 Å². The lowest BCUT2D eigenvalue weighted by molar-refractivity contribution is -0.124. The molecular weight excluding hydrogens is 286 g/mol. The van der Waals surface area contributed by atoms with Gasteiger partial charge in [-0.15, -0.1) is 12.4 Å². The van der Waals surface area contributed by atoms with Gasteiger partial charge in [0.25, 0.3) is 5.92 Å². The zero-order valence-corrected chi connectivity index (χ0v) is 12.3. The van der Waals surface area contributed by atoms with Crippen LogP contribution in [-0.2, 0) is 4.79 Å². The predicted octanol–water partition coefficient (Wildman–Crippen LogP) is 2.59. The van der Waals surface area contributed by atoms with Crippen molar-refractivity contribution in [3.8, 4) is 0 Å². The van der Waals surface area contributed by atoms with Crippen LogP contribution in [0.5, 0.6) is 0 Å². The van der Waals surface area contributed by atoms with Gasteiger partial charge in [0.15, 0.2) is 0 Å². The molecule has 0 radical (unpaired) electrons. The molecule has 0 aliphatic carbocycles. The van der Waals surface area contributed by atoms with Crippen LogP contribution in [-0.4, -0.2) is 24.4 Å². The molecule has 0 bridgehead atoms. The van der Waals surface area contributed by atoms with Gasteiger partial charge < -0.3 is 5.32 Å². The second-order valence-corrected chi connectivity index (χ2v) is 5.08. The molecule has 1 heterocycles. The number of carbonyl (C=O) groups is 1. The van der Waals surface area contributed by atoms with E-state index in [2.05, 4.69) is 10.6 Å². The highest BCUT2D eigenvalue weighted by molar-refractivity contribution is 5.85. The molecular formula is C14H19ClF2N2O. The van der Waals surface area contributed by atoms with E-state index >= 15 is 0 Å². The van der Waals surface area contributed by atoms with Crippen molar-refractivity contribution in [3.63, 3.8) is 0 Å². The first-order valence-electron chi connectivity index (χ1n) is 6.36. The van der Waals surface area contributed by atoms with Crippen LogP contribution in [0.2, 0.25) is 0 Å². The number of rotatable bonds is 3. The fraction of sp³-hybridized carbons (Fsp3) is 0.500. The minimum atomic E-state index is -2.78. The lowest BCUT2D eigenvalue weighted by Crippen LogP contribution is -2.41. The molecule has 0 saturated carbocycles. The lowest BCUT2D eigenvalue weighted by Gasteiger charge is -2.19. The van der Waals surface area contributed by atoms with Crippen molar-refractivity contribution in [3.05, 3.63) is 35.4 Å². The summed E-state index contributed by atoms with van der Waals surface area (Å²) in [5, 5.41) is 5.34. The molecule has 1 fully saturated rings. The molecule has 1 aromatic rings. The maximum Gasteiger partial charge on any atom is 0.262 e. The zero-order valence-electron chi connectivity index (χ0n) is 11.5. The number of halogens is 3. The number of nitrogens with one attached hydrogen (secondary N) is 2. The maximum atomic E-state index is 13.0. The van der Waals surface area contributed by atoms with Crippen LogP contribution in [0.1, 0.15) is 30.5 Å². The molecule has 1 amide bonds. The van der Waals surface area contributed by atoms with Gasteiger partial charge in [0.05, 0.1) is 18.6 Å². The Bertz CT molecular complexity index is 482. The molecule has 2 rings (SSSR count). The molecule has 1 aromatic carbocycles. The number of aryl methyl sites for hydroxylation is 1. The molecule has 2 atom stereocenters. The van der Waals surface area contributed by atoms with Gasteiger partial charge in [-0.2, -0.15) is 0 Å². The van der Waals surface area contributed by atoms with Crippen LogP contribution in [0.3, 0.4) is 0 Å². The fourth-order valence-corrected chi connectivity index (χ4v) is 2.37. The van der Waals surface area contributed by atoms with Gasteiger partial charge in [-0.1, -0.05) is 24.3 Å². The summed E-state index contributed by atoms with van der Waals surface area (Å²) in [6, 6.07) is 6.71. The lowest BCUT2D eigenvalue weighted by atomic mass is 10.0. The molecule has 1 aliphatic rings. The first-order valence-corrected chi connectivity index (χ1v) is 6.36. The summed E-state index contributed by atoms with van der Waals surface area (Å²) >= 11 is 0. The fourth-order valence-electron chi connectivity index (χ4n) is 2.37. The average molecular weight is 305 g/mol. The third kappa shape index (κ3) is 3.90. The maximum absolute atomic E-state index is 13.0. The molecule has 3 nitrogen and oxygen atoms in total. The summed E-state index contributed by atoms with van der Waals surface area (Å²) in [6.07, 6.45) is -0.431. The molecule has 112 valence electrons. The number of hydrogen-bond donors (Lipinski definition) is 2. The standard InChI is InChI=1S/C14H18F2N2O.ClH/c1-9-5-3-4-6-11(9)10(2)18-13(19)12-7-14(15,16)8-17-12;/h3-6,10,12,17H,7-8H2,1-2H3,(H,18,19);1H. The van der Waals surface area contributed by atoms with Gasteiger partial charge in [-0.05, 0) is 25.0 Å². The molecule has 0 spiro atoms. The first-order chi connectivity index (χ1) is 8.89. The van der Waals surface area contributed by atoms with Crippen molar-refractivity contribution >= 4 is 18.3 Å². The Balaban J connectivity index is 0.00000200. The summed E-state index contributed by atoms with van der Waals surface area (Å²) in [5.74, 6) is -3.15. The highest BCUT2D eigenvalue weighted by Crippen LogP contribution is 2.25. The normalized spacial score (nSPS) is 21.9. The Labute approximate surface area is 123 Å². The Kier molecular flexibility index (Phi) is 5.48. The van der Waals surface area contributed by atoms with Crippen molar-refractivity contribution in [2.45, 2.75) is 38.3 Å². The SMILES string of the molecule is Cc1ccccc1C(C)NC(=O)C1CC(F)(F)CN1.Cl. The van der Waals surface area contributed by atoms with E-state index in [1.165, 1.54) is 0 Å². The molecule has 0 aromatic heterocycles. The zero-order chi connectivity index (χ0) is 14.0. The van der Waals surface area contributed by atoms with E-state index in [9.17, 15) is 13.6 Å². The smallest absolute Gasteiger partial charge is 0.262 e. The second kappa shape index (κ2) is 6.50. The molecule has 1 aliphatic heterocycles. The number of hydrogen-bond acceptors (Lipinski definition) is 2. The van der Waals surface area contributed by atoms with Gasteiger partial charge in [0, 0.05) is 6.42 Å².